The van der Waals surface area contributed by atoms with Gasteiger partial charge in [-0.05, 0) is 23.7 Å². The predicted octanol–water partition coefficient (Wildman–Crippen LogP) is 0.875. The van der Waals surface area contributed by atoms with Crippen LogP contribution in [-0.4, -0.2) is 23.1 Å². The van der Waals surface area contributed by atoms with E-state index < -0.39 is 25.7 Å². The highest BCUT2D eigenvalue weighted by Crippen LogP contribution is 2.20. The molecule has 0 saturated heterocycles. The first-order valence-electron chi connectivity index (χ1n) is 5.46. The van der Waals surface area contributed by atoms with Gasteiger partial charge >= 0.3 is 5.82 Å². The van der Waals surface area contributed by atoms with E-state index in [4.69, 9.17) is 5.14 Å². The Bertz CT molecular complexity index is 535. The molecule has 9 heteroatoms. The zero-order valence-corrected chi connectivity index (χ0v) is 11.1. The van der Waals surface area contributed by atoms with Gasteiger partial charge in [0.05, 0.1) is 17.8 Å². The maximum atomic E-state index is 11.2. The molecule has 18 heavy (non-hydrogen) atoms. The van der Waals surface area contributed by atoms with E-state index in [-0.39, 0.29) is 0 Å². The zero-order valence-electron chi connectivity index (χ0n) is 10.2. The molecule has 0 amide bonds. The van der Waals surface area contributed by atoms with Gasteiger partial charge in [-0.15, -0.1) is 0 Å². The van der Waals surface area contributed by atoms with Crippen LogP contribution in [0.25, 0.3) is 0 Å². The highest BCUT2D eigenvalue weighted by molar-refractivity contribution is 7.89. The summed E-state index contributed by atoms with van der Waals surface area (Å²) in [6, 6.07) is 0. The molecule has 1 rings (SSSR count). The number of primary sulfonamides is 1. The van der Waals surface area contributed by atoms with Crippen LogP contribution in [-0.2, 0) is 16.6 Å². The van der Waals surface area contributed by atoms with E-state index in [0.29, 0.717) is 12.5 Å². The fourth-order valence-electron chi connectivity index (χ4n) is 1.50. The fraction of sp³-hybridized carbons (Fsp3) is 0.667. The van der Waals surface area contributed by atoms with Crippen molar-refractivity contribution >= 4 is 15.8 Å². The van der Waals surface area contributed by atoms with E-state index in [1.165, 1.54) is 4.68 Å². The van der Waals surface area contributed by atoms with Gasteiger partial charge < -0.3 is 10.1 Å². The van der Waals surface area contributed by atoms with E-state index in [1.54, 1.807) is 0 Å². The van der Waals surface area contributed by atoms with Crippen molar-refractivity contribution < 1.29 is 13.3 Å². The van der Waals surface area contributed by atoms with Crippen molar-refractivity contribution in [3.05, 3.63) is 16.3 Å². The predicted molar refractivity (Wildman–Crippen MR) is 64.3 cm³/mol. The lowest BCUT2D eigenvalue weighted by molar-refractivity contribution is -0.392. The molecule has 0 aliphatic carbocycles. The van der Waals surface area contributed by atoms with Crippen LogP contribution in [0.1, 0.15) is 26.7 Å². The number of sulfonamides is 1. The summed E-state index contributed by atoms with van der Waals surface area (Å²) in [5.41, 5.74) is 0. The van der Waals surface area contributed by atoms with Crippen molar-refractivity contribution in [2.24, 2.45) is 11.1 Å². The maximum Gasteiger partial charge on any atom is 0.410 e. The van der Waals surface area contributed by atoms with Crippen molar-refractivity contribution in [3.63, 3.8) is 0 Å². The molecule has 0 fully saturated rings. The number of nitro groups is 1. The Morgan fingerprint density at radius 2 is 2.17 bits per heavy atom. The van der Waals surface area contributed by atoms with Crippen molar-refractivity contribution in [2.75, 3.05) is 0 Å². The third kappa shape index (κ3) is 3.77. The Balaban J connectivity index is 2.93. The molecule has 1 aromatic heterocycles. The minimum Gasteiger partial charge on any atom is -0.358 e. The van der Waals surface area contributed by atoms with Gasteiger partial charge in [0, 0.05) is 0 Å². The molecular weight excluding hydrogens is 260 g/mol. The number of hydrogen-bond donors (Lipinski definition) is 1. The Morgan fingerprint density at radius 1 is 1.56 bits per heavy atom. The third-order valence-corrected chi connectivity index (χ3v) is 3.26. The average molecular weight is 276 g/mol. The van der Waals surface area contributed by atoms with Crippen molar-refractivity contribution in [3.8, 4) is 0 Å². The summed E-state index contributed by atoms with van der Waals surface area (Å²) in [7, 11) is -4.12. The molecule has 0 radical (unpaired) electrons. The monoisotopic (exact) mass is 276 g/mol. The summed E-state index contributed by atoms with van der Waals surface area (Å²) in [5.74, 6) is -0.213. The van der Waals surface area contributed by atoms with Gasteiger partial charge in [-0.2, -0.15) is 4.68 Å². The Hall–Kier alpha value is -1.48. The molecule has 0 bridgehead atoms. The zero-order chi connectivity index (χ0) is 13.9. The molecule has 0 unspecified atom stereocenters. The molecular formula is C9H16N4O4S. The second-order valence-electron chi connectivity index (χ2n) is 4.42. The third-order valence-electron chi connectivity index (χ3n) is 2.36. The minimum atomic E-state index is -4.12. The lowest BCUT2D eigenvalue weighted by atomic mass is 10.1. The molecule has 8 nitrogen and oxygen atoms in total. The molecule has 0 aliphatic heterocycles. The summed E-state index contributed by atoms with van der Waals surface area (Å²) in [5, 5.41) is 19.2. The number of nitrogens with zero attached hydrogens (tertiary/aromatic N) is 3. The van der Waals surface area contributed by atoms with E-state index in [1.807, 2.05) is 0 Å². The molecule has 1 heterocycles. The van der Waals surface area contributed by atoms with Crippen LogP contribution in [0.3, 0.4) is 0 Å². The van der Waals surface area contributed by atoms with Crippen LogP contribution in [0, 0.1) is 16.0 Å². The Labute approximate surface area is 105 Å². The van der Waals surface area contributed by atoms with Crippen LogP contribution in [0.2, 0.25) is 0 Å². The van der Waals surface area contributed by atoms with E-state index in [9.17, 15) is 18.5 Å². The van der Waals surface area contributed by atoms with E-state index >= 15 is 0 Å². The molecule has 0 atom stereocenters. The van der Waals surface area contributed by atoms with Crippen LogP contribution < -0.4 is 5.14 Å². The topological polar surface area (TPSA) is 121 Å². The van der Waals surface area contributed by atoms with E-state index in [0.717, 1.165) is 19.0 Å². The minimum absolute atomic E-state index is 0.425. The second-order valence-corrected chi connectivity index (χ2v) is 5.95. The Kier molecular flexibility index (Phi) is 4.41. The first-order chi connectivity index (χ1) is 8.21. The molecule has 0 saturated carbocycles. The summed E-state index contributed by atoms with van der Waals surface area (Å²) in [4.78, 5) is 9.28. The van der Waals surface area contributed by atoms with Crippen LogP contribution in [0.4, 0.5) is 5.82 Å². The molecule has 2 N–H and O–H groups in total. The molecule has 0 spiro atoms. The van der Waals surface area contributed by atoms with Gasteiger partial charge in [0.1, 0.15) is 0 Å². The van der Waals surface area contributed by atoms with Crippen molar-refractivity contribution in [1.82, 2.24) is 9.78 Å². The maximum absolute atomic E-state index is 11.2. The molecule has 0 aromatic carbocycles. The summed E-state index contributed by atoms with van der Waals surface area (Å²) in [6.45, 7) is 4.54. The van der Waals surface area contributed by atoms with Crippen molar-refractivity contribution in [1.29, 1.82) is 0 Å². The lowest BCUT2D eigenvalue weighted by Gasteiger charge is -2.01. The van der Waals surface area contributed by atoms with Gasteiger partial charge in [-0.3, -0.25) is 0 Å². The number of hydrogen-bond acceptors (Lipinski definition) is 5. The molecule has 1 aromatic rings. The van der Waals surface area contributed by atoms with Crippen LogP contribution in [0.5, 0.6) is 0 Å². The number of aryl methyl sites for hydroxylation is 1. The number of rotatable bonds is 6. The summed E-state index contributed by atoms with van der Waals surface area (Å²) < 4.78 is 23.6. The SMILES string of the molecule is CC(C)CCCn1cc(S(N)(=O)=O)c([N+](=O)[O-])n1. The van der Waals surface area contributed by atoms with Gasteiger partial charge in [-0.25, -0.2) is 13.6 Å². The number of aromatic nitrogens is 2. The highest BCUT2D eigenvalue weighted by atomic mass is 32.2. The lowest BCUT2D eigenvalue weighted by Crippen LogP contribution is -2.13. The van der Waals surface area contributed by atoms with Crippen LogP contribution in [0.15, 0.2) is 11.1 Å². The quantitative estimate of drug-likeness (QED) is 0.610. The molecule has 102 valence electrons. The largest absolute Gasteiger partial charge is 0.410 e. The standard InChI is InChI=1S/C9H16N4O4S/c1-7(2)4-3-5-12-6-8(18(10,16)17)9(11-12)13(14)15/h6-7H,3-5H2,1-2H3,(H2,10,16,17). The normalized spacial score (nSPS) is 12.0. The van der Waals surface area contributed by atoms with E-state index in [2.05, 4.69) is 18.9 Å². The smallest absolute Gasteiger partial charge is 0.358 e. The van der Waals surface area contributed by atoms with Crippen molar-refractivity contribution in [2.45, 2.75) is 38.1 Å². The summed E-state index contributed by atoms with van der Waals surface area (Å²) >= 11 is 0. The Morgan fingerprint density at radius 3 is 2.56 bits per heavy atom. The summed E-state index contributed by atoms with van der Waals surface area (Å²) in [6.07, 6.45) is 2.80. The number of nitrogens with two attached hydrogens (primary N) is 1. The average Bonchev–Trinajstić information content (AvgIpc) is 2.60. The second kappa shape index (κ2) is 5.44. The van der Waals surface area contributed by atoms with Gasteiger partial charge in [0.2, 0.25) is 14.9 Å². The fourth-order valence-corrected chi connectivity index (χ4v) is 2.13. The first-order valence-corrected chi connectivity index (χ1v) is 7.01. The van der Waals surface area contributed by atoms with Gasteiger partial charge in [0.25, 0.3) is 0 Å². The van der Waals surface area contributed by atoms with Crippen LogP contribution >= 0.6 is 0 Å². The molecule has 0 aliphatic rings. The first kappa shape index (κ1) is 14.6. The van der Waals surface area contributed by atoms with Gasteiger partial charge in [-0.1, -0.05) is 13.8 Å². The van der Waals surface area contributed by atoms with Gasteiger partial charge in [0.15, 0.2) is 0 Å². The highest BCUT2D eigenvalue weighted by Gasteiger charge is 2.28.